The van der Waals surface area contributed by atoms with E-state index in [4.69, 9.17) is 4.42 Å². The van der Waals surface area contributed by atoms with Crippen LogP contribution in [0.4, 0.5) is 10.2 Å². The summed E-state index contributed by atoms with van der Waals surface area (Å²) < 4.78 is 45.1. The minimum Gasteiger partial charge on any atom is -0.437 e. The number of sulfonamides is 1. The molecule has 0 aromatic carbocycles. The van der Waals surface area contributed by atoms with Gasteiger partial charge in [-0.15, -0.1) is 0 Å². The van der Waals surface area contributed by atoms with E-state index in [1.54, 1.807) is 20.0 Å². The molecule has 2 aromatic rings. The van der Waals surface area contributed by atoms with Crippen molar-refractivity contribution in [3.8, 4) is 0 Å². The van der Waals surface area contributed by atoms with Crippen LogP contribution in [0.2, 0.25) is 0 Å². The molecule has 0 atom stereocenters. The molecule has 2 aromatic heterocycles. The average molecular weight is 491 g/mol. The molecule has 0 fully saturated rings. The first-order chi connectivity index (χ1) is 12.2. The Bertz CT molecular complexity index is 1010. The number of pyridine rings is 1. The van der Waals surface area contributed by atoms with Gasteiger partial charge in [-0.25, -0.2) is 12.8 Å². The molecule has 0 unspecified atom stereocenters. The van der Waals surface area contributed by atoms with Gasteiger partial charge in [-0.2, -0.15) is 4.98 Å². The summed E-state index contributed by atoms with van der Waals surface area (Å²) >= 11 is 2.01. The first-order valence-corrected chi connectivity index (χ1v) is 10.6. The molecule has 2 rings (SSSR count). The highest BCUT2D eigenvalue weighted by Crippen LogP contribution is 2.33. The zero-order valence-electron chi connectivity index (χ0n) is 14.6. The van der Waals surface area contributed by atoms with Gasteiger partial charge in [0.1, 0.15) is 11.6 Å². The van der Waals surface area contributed by atoms with Crippen LogP contribution in [0.5, 0.6) is 0 Å². The van der Waals surface area contributed by atoms with Gasteiger partial charge in [0.05, 0.1) is 9.83 Å². The van der Waals surface area contributed by atoms with E-state index in [1.807, 2.05) is 22.6 Å². The summed E-state index contributed by atoms with van der Waals surface area (Å²) in [6.07, 6.45) is 5.21. The molecule has 0 saturated heterocycles. The Morgan fingerprint density at radius 2 is 2.15 bits per heavy atom. The molecular weight excluding hydrogens is 472 g/mol. The van der Waals surface area contributed by atoms with Crippen LogP contribution < -0.4 is 10.0 Å². The molecule has 0 aliphatic carbocycles. The summed E-state index contributed by atoms with van der Waals surface area (Å²) in [4.78, 5) is 4.27. The fraction of sp³-hybridized carbons (Fsp3) is 0.235. The van der Waals surface area contributed by atoms with Gasteiger partial charge in [0, 0.05) is 23.1 Å². The molecule has 0 amide bonds. The Hall–Kier alpha value is -1.72. The van der Waals surface area contributed by atoms with Crippen LogP contribution >= 0.6 is 22.6 Å². The lowest BCUT2D eigenvalue weighted by Crippen LogP contribution is -2.12. The van der Waals surface area contributed by atoms with Crippen molar-refractivity contribution in [2.45, 2.75) is 13.5 Å². The molecule has 0 spiro atoms. The van der Waals surface area contributed by atoms with Gasteiger partial charge in [0.2, 0.25) is 15.7 Å². The van der Waals surface area contributed by atoms with Crippen LogP contribution in [0.1, 0.15) is 18.2 Å². The highest BCUT2D eigenvalue weighted by Gasteiger charge is 2.19. The predicted molar refractivity (Wildman–Crippen MR) is 111 cm³/mol. The molecule has 140 valence electrons. The number of halogens is 2. The van der Waals surface area contributed by atoms with Crippen LogP contribution in [-0.4, -0.2) is 26.7 Å². The van der Waals surface area contributed by atoms with Crippen molar-refractivity contribution >= 4 is 55.1 Å². The first kappa shape index (κ1) is 20.6. The number of hydrogen-bond acceptors (Lipinski definition) is 5. The number of nitrogens with one attached hydrogen (secondary N) is 2. The van der Waals surface area contributed by atoms with Crippen LogP contribution in [0, 0.1) is 3.57 Å². The molecule has 2 N–H and O–H groups in total. The van der Waals surface area contributed by atoms with Crippen molar-refractivity contribution < 1.29 is 17.2 Å². The van der Waals surface area contributed by atoms with Crippen molar-refractivity contribution in [3.05, 3.63) is 51.6 Å². The van der Waals surface area contributed by atoms with Crippen molar-refractivity contribution in [3.63, 3.8) is 0 Å². The van der Waals surface area contributed by atoms with E-state index in [0.29, 0.717) is 21.4 Å². The number of hydrogen-bond donors (Lipinski definition) is 2. The molecule has 0 radical (unpaired) electrons. The quantitative estimate of drug-likeness (QED) is 0.453. The summed E-state index contributed by atoms with van der Waals surface area (Å²) in [7, 11) is -1.68. The Balaban J connectivity index is 2.58. The van der Waals surface area contributed by atoms with Gasteiger partial charge in [-0.05, 0) is 54.8 Å². The predicted octanol–water partition coefficient (Wildman–Crippen LogP) is 3.97. The third-order valence-electron chi connectivity index (χ3n) is 3.39. The summed E-state index contributed by atoms with van der Waals surface area (Å²) in [5, 5.41) is 3.79. The lowest BCUT2D eigenvalue weighted by molar-refractivity contribution is 0.581. The minimum atomic E-state index is -3.47. The molecule has 26 heavy (non-hydrogen) atoms. The Labute approximate surface area is 165 Å². The second-order valence-corrected chi connectivity index (χ2v) is 8.43. The maximum atomic E-state index is 13.3. The van der Waals surface area contributed by atoms with Gasteiger partial charge in [-0.3, -0.25) is 4.72 Å². The van der Waals surface area contributed by atoms with E-state index in [2.05, 4.69) is 21.6 Å². The van der Waals surface area contributed by atoms with E-state index in [1.165, 1.54) is 18.2 Å². The molecule has 0 saturated carbocycles. The average Bonchev–Trinajstić information content (AvgIpc) is 2.89. The number of rotatable bonds is 7. The second-order valence-electron chi connectivity index (χ2n) is 5.52. The minimum absolute atomic E-state index is 0.193. The number of fused-ring (bicyclic) bond motifs is 1. The number of aromatic nitrogens is 1. The maximum absolute atomic E-state index is 13.3. The second kappa shape index (κ2) is 8.31. The number of nitrogens with zero attached hydrogens (tertiary/aromatic N) is 1. The Morgan fingerprint density at radius 3 is 2.73 bits per heavy atom. The van der Waals surface area contributed by atoms with E-state index >= 15 is 0 Å². The fourth-order valence-corrected chi connectivity index (χ4v) is 3.51. The molecular formula is C17H19FIN3O3S. The van der Waals surface area contributed by atoms with Gasteiger partial charge < -0.3 is 9.73 Å². The molecule has 0 bridgehead atoms. The third-order valence-corrected chi connectivity index (χ3v) is 4.77. The van der Waals surface area contributed by atoms with Crippen molar-refractivity contribution in [1.29, 1.82) is 0 Å². The van der Waals surface area contributed by atoms with Crippen molar-refractivity contribution in [1.82, 2.24) is 10.3 Å². The summed E-state index contributed by atoms with van der Waals surface area (Å²) in [5.74, 6) is 0.275. The smallest absolute Gasteiger partial charge is 0.231 e. The number of allylic oxidation sites excluding steroid dienone is 5. The van der Waals surface area contributed by atoms with E-state index < -0.39 is 10.0 Å². The molecule has 0 aliphatic heterocycles. The monoisotopic (exact) mass is 491 g/mol. The standard InChI is InChI=1S/C17H19FIN3O3S/c1-5-11(18)7-6-10(2)15-13(9-20-3)12-8-14(19)16(21-17(12)25-15)22-26(4,23)24/h5-8,20H,2,9H2,1,3-4H3,(H,21,22)/b7-6-,11-5+. The molecule has 2 heterocycles. The van der Waals surface area contributed by atoms with Gasteiger partial charge in [0.25, 0.3) is 0 Å². The zero-order valence-corrected chi connectivity index (χ0v) is 17.5. The van der Waals surface area contributed by atoms with Crippen LogP contribution in [0.3, 0.4) is 0 Å². The van der Waals surface area contributed by atoms with E-state index in [-0.39, 0.29) is 17.4 Å². The van der Waals surface area contributed by atoms with Crippen LogP contribution in [-0.2, 0) is 16.6 Å². The van der Waals surface area contributed by atoms with Gasteiger partial charge >= 0.3 is 0 Å². The molecule has 9 heteroatoms. The van der Waals surface area contributed by atoms with Crippen LogP contribution in [0.15, 0.2) is 41.1 Å². The van der Waals surface area contributed by atoms with Crippen LogP contribution in [0.25, 0.3) is 16.7 Å². The Morgan fingerprint density at radius 1 is 1.46 bits per heavy atom. The molecule has 0 aliphatic rings. The number of furan rings is 1. The fourth-order valence-electron chi connectivity index (χ4n) is 2.26. The zero-order chi connectivity index (χ0) is 19.5. The SMILES string of the molecule is C=C(/C=C\C(F)=C/C)c1oc2nc(NS(C)(=O)=O)c(I)cc2c1CNC. The third kappa shape index (κ3) is 4.92. The summed E-state index contributed by atoms with van der Waals surface area (Å²) in [6.45, 7) is 6.01. The summed E-state index contributed by atoms with van der Waals surface area (Å²) in [6, 6.07) is 1.79. The Kier molecular flexibility index (Phi) is 6.58. The van der Waals surface area contributed by atoms with E-state index in [9.17, 15) is 12.8 Å². The normalized spacial score (nSPS) is 12.9. The highest BCUT2D eigenvalue weighted by molar-refractivity contribution is 14.1. The lowest BCUT2D eigenvalue weighted by atomic mass is 10.1. The van der Waals surface area contributed by atoms with Gasteiger partial charge in [-0.1, -0.05) is 12.7 Å². The summed E-state index contributed by atoms with van der Waals surface area (Å²) in [5.41, 5.74) is 1.57. The largest absolute Gasteiger partial charge is 0.437 e. The van der Waals surface area contributed by atoms with Crippen molar-refractivity contribution in [2.75, 3.05) is 18.0 Å². The lowest BCUT2D eigenvalue weighted by Gasteiger charge is -2.05. The maximum Gasteiger partial charge on any atom is 0.231 e. The first-order valence-electron chi connectivity index (χ1n) is 7.59. The molecule has 6 nitrogen and oxygen atoms in total. The topological polar surface area (TPSA) is 84.2 Å². The van der Waals surface area contributed by atoms with Crippen molar-refractivity contribution in [2.24, 2.45) is 0 Å². The highest BCUT2D eigenvalue weighted by atomic mass is 127. The van der Waals surface area contributed by atoms with E-state index in [0.717, 1.165) is 17.2 Å². The van der Waals surface area contributed by atoms with Gasteiger partial charge in [0.15, 0.2) is 5.82 Å². The number of anilines is 1.